The van der Waals surface area contributed by atoms with Gasteiger partial charge in [-0.15, -0.1) is 0 Å². The minimum atomic E-state index is -0.957. The van der Waals surface area contributed by atoms with Crippen LogP contribution in [0.25, 0.3) is 17.0 Å². The fraction of sp³-hybridized carbons (Fsp3) is 0.143. The number of pyridine rings is 1. The van der Waals surface area contributed by atoms with E-state index in [0.717, 1.165) is 27.7 Å². The van der Waals surface area contributed by atoms with Crippen LogP contribution < -0.4 is 19.5 Å². The van der Waals surface area contributed by atoms with Gasteiger partial charge in [-0.25, -0.2) is 4.79 Å². The summed E-state index contributed by atoms with van der Waals surface area (Å²) in [6.07, 6.45) is 3.78. The van der Waals surface area contributed by atoms with E-state index in [2.05, 4.69) is 16.4 Å². The molecule has 0 aliphatic rings. The van der Waals surface area contributed by atoms with Gasteiger partial charge in [0.25, 0.3) is 0 Å². The third kappa shape index (κ3) is 6.29. The first kappa shape index (κ1) is 23.6. The number of carboxylic acid groups (broad SMARTS) is 1. The van der Waals surface area contributed by atoms with Crippen LogP contribution in [-0.4, -0.2) is 43.4 Å². The fourth-order valence-corrected chi connectivity index (χ4v) is 3.53. The zero-order valence-corrected chi connectivity index (χ0v) is 19.5. The second-order valence-electron chi connectivity index (χ2n) is 7.84. The summed E-state index contributed by atoms with van der Waals surface area (Å²) in [4.78, 5) is 15.7. The lowest BCUT2D eigenvalue weighted by atomic mass is 10.1. The molecule has 0 radical (unpaired) electrons. The minimum Gasteiger partial charge on any atom is -0.496 e. The number of aromatic carboxylic acids is 1. The number of nitrogens with one attached hydrogen (secondary N) is 1. The SMILES string of the molecule is COc1cc(OC)cc(OCC(=Cc2ccc(C(=O)O)cc2)CNc2cnc3ccccc3c2)c1. The van der Waals surface area contributed by atoms with Crippen LogP contribution in [0.3, 0.4) is 0 Å². The molecule has 3 aromatic carbocycles. The highest BCUT2D eigenvalue weighted by molar-refractivity contribution is 5.87. The van der Waals surface area contributed by atoms with Gasteiger partial charge in [-0.2, -0.15) is 0 Å². The highest BCUT2D eigenvalue weighted by Crippen LogP contribution is 2.28. The average Bonchev–Trinajstić information content (AvgIpc) is 2.90. The van der Waals surface area contributed by atoms with Gasteiger partial charge in [0.1, 0.15) is 23.9 Å². The van der Waals surface area contributed by atoms with Crippen molar-refractivity contribution in [3.05, 3.63) is 95.7 Å². The van der Waals surface area contributed by atoms with Crippen molar-refractivity contribution < 1.29 is 24.1 Å². The van der Waals surface area contributed by atoms with Gasteiger partial charge in [0, 0.05) is 30.1 Å². The molecular formula is C28H26N2O5. The summed E-state index contributed by atoms with van der Waals surface area (Å²) in [5, 5.41) is 13.6. The van der Waals surface area contributed by atoms with Crippen LogP contribution in [0.15, 0.2) is 84.6 Å². The number of ether oxygens (including phenoxy) is 3. The Bertz CT molecular complexity index is 1330. The van der Waals surface area contributed by atoms with Crippen LogP contribution in [0.1, 0.15) is 15.9 Å². The number of nitrogens with zero attached hydrogens (tertiary/aromatic N) is 1. The van der Waals surface area contributed by atoms with Crippen molar-refractivity contribution in [3.8, 4) is 17.2 Å². The number of aromatic nitrogens is 1. The van der Waals surface area contributed by atoms with E-state index in [1.54, 1.807) is 62.9 Å². The van der Waals surface area contributed by atoms with Crippen molar-refractivity contribution in [2.75, 3.05) is 32.7 Å². The number of hydrogen-bond donors (Lipinski definition) is 2. The fourth-order valence-electron chi connectivity index (χ4n) is 3.53. The molecule has 7 nitrogen and oxygen atoms in total. The number of anilines is 1. The Balaban J connectivity index is 1.55. The zero-order chi connectivity index (χ0) is 24.6. The lowest BCUT2D eigenvalue weighted by Gasteiger charge is -2.14. The Labute approximate surface area is 203 Å². The third-order valence-corrected chi connectivity index (χ3v) is 5.39. The van der Waals surface area contributed by atoms with E-state index in [9.17, 15) is 4.79 Å². The van der Waals surface area contributed by atoms with Gasteiger partial charge in [0.15, 0.2) is 0 Å². The maximum atomic E-state index is 11.2. The number of carboxylic acids is 1. The van der Waals surface area contributed by atoms with Gasteiger partial charge in [-0.3, -0.25) is 4.98 Å². The van der Waals surface area contributed by atoms with Gasteiger partial charge in [0.05, 0.1) is 37.2 Å². The smallest absolute Gasteiger partial charge is 0.335 e. The molecular weight excluding hydrogens is 444 g/mol. The molecule has 0 atom stereocenters. The summed E-state index contributed by atoms with van der Waals surface area (Å²) in [6, 6.07) is 22.1. The summed E-state index contributed by atoms with van der Waals surface area (Å²) in [5.74, 6) is 0.922. The van der Waals surface area contributed by atoms with Gasteiger partial charge in [-0.05, 0) is 35.4 Å². The lowest BCUT2D eigenvalue weighted by Crippen LogP contribution is -2.12. The largest absolute Gasteiger partial charge is 0.496 e. The van der Waals surface area contributed by atoms with Crippen LogP contribution in [-0.2, 0) is 0 Å². The van der Waals surface area contributed by atoms with Gasteiger partial charge in [-0.1, -0.05) is 36.4 Å². The van der Waals surface area contributed by atoms with Crippen molar-refractivity contribution in [1.82, 2.24) is 4.98 Å². The molecule has 0 saturated carbocycles. The Hall–Kier alpha value is -4.52. The summed E-state index contributed by atoms with van der Waals surface area (Å²) >= 11 is 0. The van der Waals surface area contributed by atoms with Gasteiger partial charge < -0.3 is 24.6 Å². The first-order chi connectivity index (χ1) is 17.0. The number of methoxy groups -OCH3 is 2. The molecule has 4 rings (SSSR count). The molecule has 0 saturated heterocycles. The van der Waals surface area contributed by atoms with Crippen molar-refractivity contribution in [1.29, 1.82) is 0 Å². The quantitative estimate of drug-likeness (QED) is 0.315. The monoisotopic (exact) mass is 470 g/mol. The first-order valence-corrected chi connectivity index (χ1v) is 11.0. The number of fused-ring (bicyclic) bond motifs is 1. The van der Waals surface area contributed by atoms with Crippen molar-refractivity contribution in [2.45, 2.75) is 0 Å². The number of hydrogen-bond acceptors (Lipinski definition) is 6. The van der Waals surface area contributed by atoms with E-state index in [1.165, 1.54) is 0 Å². The molecule has 7 heteroatoms. The Morgan fingerprint density at radius 3 is 2.31 bits per heavy atom. The molecule has 35 heavy (non-hydrogen) atoms. The number of benzene rings is 3. The molecule has 0 spiro atoms. The highest BCUT2D eigenvalue weighted by atomic mass is 16.5. The molecule has 0 aliphatic heterocycles. The summed E-state index contributed by atoms with van der Waals surface area (Å²) in [6.45, 7) is 0.798. The van der Waals surface area contributed by atoms with E-state index >= 15 is 0 Å². The van der Waals surface area contributed by atoms with Gasteiger partial charge >= 0.3 is 5.97 Å². The molecule has 178 valence electrons. The number of carbonyl (C=O) groups is 1. The second kappa shape index (κ2) is 11.1. The number of para-hydroxylation sites is 1. The predicted molar refractivity (Wildman–Crippen MR) is 137 cm³/mol. The van der Waals surface area contributed by atoms with Gasteiger partial charge in [0.2, 0.25) is 0 Å². The molecule has 1 aromatic heterocycles. The van der Waals surface area contributed by atoms with Crippen molar-refractivity contribution in [2.24, 2.45) is 0 Å². The molecule has 1 heterocycles. The predicted octanol–water partition coefficient (Wildman–Crippen LogP) is 5.52. The second-order valence-corrected chi connectivity index (χ2v) is 7.84. The Kier molecular flexibility index (Phi) is 7.47. The first-order valence-electron chi connectivity index (χ1n) is 11.0. The van der Waals surface area contributed by atoms with Crippen molar-refractivity contribution in [3.63, 3.8) is 0 Å². The van der Waals surface area contributed by atoms with Crippen molar-refractivity contribution >= 4 is 28.6 Å². The minimum absolute atomic E-state index is 0.240. The van der Waals surface area contributed by atoms with Crippen LogP contribution in [0.4, 0.5) is 5.69 Å². The van der Waals surface area contributed by atoms with Crippen LogP contribution in [0.5, 0.6) is 17.2 Å². The van der Waals surface area contributed by atoms with Crippen LogP contribution >= 0.6 is 0 Å². The molecule has 4 aromatic rings. The summed E-state index contributed by atoms with van der Waals surface area (Å²) < 4.78 is 16.7. The maximum Gasteiger partial charge on any atom is 0.335 e. The van der Waals surface area contributed by atoms with Crippen LogP contribution in [0.2, 0.25) is 0 Å². The highest BCUT2D eigenvalue weighted by Gasteiger charge is 2.07. The molecule has 0 fully saturated rings. The summed E-state index contributed by atoms with van der Waals surface area (Å²) in [5.41, 5.74) is 3.88. The van der Waals surface area contributed by atoms with E-state index < -0.39 is 5.97 Å². The molecule has 0 aliphatic carbocycles. The topological polar surface area (TPSA) is 89.9 Å². The van der Waals surface area contributed by atoms with E-state index in [-0.39, 0.29) is 5.56 Å². The Morgan fingerprint density at radius 1 is 0.943 bits per heavy atom. The van der Waals surface area contributed by atoms with E-state index in [4.69, 9.17) is 19.3 Å². The standard InChI is InChI=1S/C28H26N2O5/c1-33-24-13-25(34-2)15-26(14-24)35-18-20(11-19-7-9-21(10-8-19)28(31)32)16-29-23-12-22-5-3-4-6-27(22)30-17-23/h3-15,17,29H,16,18H2,1-2H3,(H,31,32). The molecule has 2 N–H and O–H groups in total. The average molecular weight is 471 g/mol. The molecule has 0 bridgehead atoms. The lowest BCUT2D eigenvalue weighted by molar-refractivity contribution is 0.0697. The number of rotatable bonds is 10. The third-order valence-electron chi connectivity index (χ3n) is 5.39. The van der Waals surface area contributed by atoms with E-state index in [0.29, 0.717) is 30.4 Å². The normalized spacial score (nSPS) is 11.2. The summed E-state index contributed by atoms with van der Waals surface area (Å²) in [7, 11) is 3.18. The van der Waals surface area contributed by atoms with Crippen LogP contribution in [0, 0.1) is 0 Å². The maximum absolute atomic E-state index is 11.2. The zero-order valence-electron chi connectivity index (χ0n) is 19.5. The Morgan fingerprint density at radius 2 is 1.63 bits per heavy atom. The molecule has 0 unspecified atom stereocenters. The molecule has 0 amide bonds. The van der Waals surface area contributed by atoms with E-state index in [1.807, 2.05) is 30.3 Å².